The smallest absolute Gasteiger partial charge is 0.317 e. The van der Waals surface area contributed by atoms with E-state index in [1.807, 2.05) is 0 Å². The summed E-state index contributed by atoms with van der Waals surface area (Å²) in [6.45, 7) is 7.04. The number of rotatable bonds is 8. The first-order valence-electron chi connectivity index (χ1n) is 10.0. The lowest BCUT2D eigenvalue weighted by atomic mass is 9.99. The highest BCUT2D eigenvalue weighted by Crippen LogP contribution is 2.30. The summed E-state index contributed by atoms with van der Waals surface area (Å²) in [7, 11) is 1.56. The molecule has 2 aromatic carbocycles. The summed E-state index contributed by atoms with van der Waals surface area (Å²) >= 11 is 0. The molecule has 0 aliphatic heterocycles. The van der Waals surface area contributed by atoms with Crippen LogP contribution in [-0.2, 0) is 6.42 Å². The number of halogens is 1. The number of benzene rings is 2. The third-order valence-electron chi connectivity index (χ3n) is 4.44. The molecule has 31 heavy (non-hydrogen) atoms. The van der Waals surface area contributed by atoms with Crippen LogP contribution in [-0.4, -0.2) is 29.9 Å². The number of nitrogens with zero attached hydrogens (tertiary/aromatic N) is 2. The van der Waals surface area contributed by atoms with Crippen LogP contribution in [0.25, 0.3) is 5.69 Å². The summed E-state index contributed by atoms with van der Waals surface area (Å²) in [6.07, 6.45) is 3.61. The molecule has 0 radical (unpaired) electrons. The minimum atomic E-state index is -0.382. The van der Waals surface area contributed by atoms with Gasteiger partial charge in [0.2, 0.25) is 0 Å². The predicted molar refractivity (Wildman–Crippen MR) is 117 cm³/mol. The molecule has 0 amide bonds. The summed E-state index contributed by atoms with van der Waals surface area (Å²) in [6, 6.07) is 11.5. The third-order valence-corrected chi connectivity index (χ3v) is 4.44. The fourth-order valence-electron chi connectivity index (χ4n) is 2.83. The molecule has 0 atom stereocenters. The second-order valence-electron chi connectivity index (χ2n) is 8.32. The lowest BCUT2D eigenvalue weighted by molar-refractivity contribution is 0.191. The molecule has 0 N–H and O–H groups in total. The summed E-state index contributed by atoms with van der Waals surface area (Å²) in [5, 5.41) is 0. The van der Waals surface area contributed by atoms with E-state index >= 15 is 0 Å². The van der Waals surface area contributed by atoms with Crippen LogP contribution in [0.1, 0.15) is 26.3 Å². The molecule has 0 fully saturated rings. The molecular formula is C24H27FN2O4. The SMILES string of the molecule is COc1cc(-n2ccnc(OCCc3ccc(F)cc3)c2=O)ccc1OCC(C)(C)C. The molecule has 1 aromatic heterocycles. The van der Waals surface area contributed by atoms with Crippen molar-refractivity contribution in [2.75, 3.05) is 20.3 Å². The molecule has 0 bridgehead atoms. The summed E-state index contributed by atoms with van der Waals surface area (Å²) in [5.74, 6) is 0.850. The zero-order valence-electron chi connectivity index (χ0n) is 18.2. The van der Waals surface area contributed by atoms with Crippen LogP contribution in [0.2, 0.25) is 0 Å². The van der Waals surface area contributed by atoms with Gasteiger partial charge in [0.1, 0.15) is 5.82 Å². The topological polar surface area (TPSA) is 62.6 Å². The summed E-state index contributed by atoms with van der Waals surface area (Å²) < 4.78 is 31.4. The fraction of sp³-hybridized carbons (Fsp3) is 0.333. The van der Waals surface area contributed by atoms with Gasteiger partial charge < -0.3 is 14.2 Å². The second-order valence-corrected chi connectivity index (χ2v) is 8.32. The van der Waals surface area contributed by atoms with Gasteiger partial charge in [0, 0.05) is 24.9 Å². The van der Waals surface area contributed by atoms with E-state index in [0.29, 0.717) is 30.2 Å². The van der Waals surface area contributed by atoms with Gasteiger partial charge in [0.15, 0.2) is 11.5 Å². The Labute approximate surface area is 181 Å². The van der Waals surface area contributed by atoms with Gasteiger partial charge in [-0.2, -0.15) is 0 Å². The largest absolute Gasteiger partial charge is 0.493 e. The van der Waals surface area contributed by atoms with Crippen molar-refractivity contribution < 1.29 is 18.6 Å². The Morgan fingerprint density at radius 3 is 2.45 bits per heavy atom. The molecule has 0 aliphatic rings. The lowest BCUT2D eigenvalue weighted by Gasteiger charge is -2.20. The molecule has 6 nitrogen and oxygen atoms in total. The van der Waals surface area contributed by atoms with E-state index in [-0.39, 0.29) is 29.3 Å². The van der Waals surface area contributed by atoms with E-state index in [1.54, 1.807) is 43.6 Å². The molecule has 164 valence electrons. The number of methoxy groups -OCH3 is 1. The first kappa shape index (κ1) is 22.3. The Balaban J connectivity index is 1.75. The highest BCUT2D eigenvalue weighted by molar-refractivity contribution is 5.49. The first-order valence-corrected chi connectivity index (χ1v) is 10.0. The normalized spacial score (nSPS) is 11.3. The van der Waals surface area contributed by atoms with Crippen LogP contribution in [0.5, 0.6) is 17.4 Å². The third kappa shape index (κ3) is 6.07. The minimum Gasteiger partial charge on any atom is -0.493 e. The highest BCUT2D eigenvalue weighted by Gasteiger charge is 2.15. The van der Waals surface area contributed by atoms with Gasteiger partial charge >= 0.3 is 5.56 Å². The summed E-state index contributed by atoms with van der Waals surface area (Å²) in [4.78, 5) is 16.9. The van der Waals surface area contributed by atoms with Crippen molar-refractivity contribution in [3.63, 3.8) is 0 Å². The van der Waals surface area contributed by atoms with Gasteiger partial charge in [-0.25, -0.2) is 9.37 Å². The molecule has 1 heterocycles. The molecular weight excluding hydrogens is 399 g/mol. The quantitative estimate of drug-likeness (QED) is 0.533. The zero-order valence-corrected chi connectivity index (χ0v) is 18.2. The maximum Gasteiger partial charge on any atom is 0.317 e. The van der Waals surface area contributed by atoms with Gasteiger partial charge in [-0.15, -0.1) is 0 Å². The molecule has 0 aliphatic carbocycles. The van der Waals surface area contributed by atoms with E-state index in [0.717, 1.165) is 5.56 Å². The summed E-state index contributed by atoms with van der Waals surface area (Å²) in [5.41, 5.74) is 1.14. The van der Waals surface area contributed by atoms with Crippen molar-refractivity contribution in [2.24, 2.45) is 5.41 Å². The van der Waals surface area contributed by atoms with Crippen molar-refractivity contribution in [3.05, 3.63) is 76.6 Å². The zero-order chi connectivity index (χ0) is 22.4. The molecule has 0 saturated heterocycles. The second kappa shape index (κ2) is 9.64. The standard InChI is InChI=1S/C24H27FN2O4/c1-24(2,3)16-31-20-10-9-19(15-21(20)29-4)27-13-12-26-22(23(27)28)30-14-11-17-5-7-18(25)8-6-17/h5-10,12-13,15H,11,14,16H2,1-4H3. The number of ether oxygens (including phenoxy) is 3. The maximum atomic E-state index is 13.0. The molecule has 3 rings (SSSR count). The molecule has 7 heteroatoms. The Bertz CT molecular complexity index is 1070. The monoisotopic (exact) mass is 426 g/mol. The Hall–Kier alpha value is -3.35. The maximum absolute atomic E-state index is 13.0. The number of hydrogen-bond acceptors (Lipinski definition) is 5. The Kier molecular flexibility index (Phi) is 6.95. The van der Waals surface area contributed by atoms with E-state index in [2.05, 4.69) is 25.8 Å². The van der Waals surface area contributed by atoms with Gasteiger partial charge in [-0.1, -0.05) is 32.9 Å². The van der Waals surface area contributed by atoms with Crippen LogP contribution >= 0.6 is 0 Å². The fourth-order valence-corrected chi connectivity index (χ4v) is 2.83. The molecule has 0 spiro atoms. The van der Waals surface area contributed by atoms with Crippen LogP contribution in [0.3, 0.4) is 0 Å². The van der Waals surface area contributed by atoms with Crippen LogP contribution < -0.4 is 19.8 Å². The first-order chi connectivity index (χ1) is 14.8. The lowest BCUT2D eigenvalue weighted by Crippen LogP contribution is -2.22. The molecule has 0 unspecified atom stereocenters. The minimum absolute atomic E-state index is 0.00311. The van der Waals surface area contributed by atoms with Crippen molar-refractivity contribution in [3.8, 4) is 23.1 Å². The van der Waals surface area contributed by atoms with Gasteiger partial charge in [0.05, 0.1) is 26.0 Å². The Morgan fingerprint density at radius 1 is 1.03 bits per heavy atom. The van der Waals surface area contributed by atoms with Gasteiger partial charge in [0.25, 0.3) is 5.88 Å². The number of aromatic nitrogens is 2. The van der Waals surface area contributed by atoms with E-state index < -0.39 is 0 Å². The molecule has 0 saturated carbocycles. The van der Waals surface area contributed by atoms with Crippen LogP contribution in [0.15, 0.2) is 59.7 Å². The van der Waals surface area contributed by atoms with Gasteiger partial charge in [-0.3, -0.25) is 9.36 Å². The van der Waals surface area contributed by atoms with Crippen molar-refractivity contribution in [1.82, 2.24) is 9.55 Å². The molecule has 3 aromatic rings. The van der Waals surface area contributed by atoms with Crippen LogP contribution in [0.4, 0.5) is 4.39 Å². The van der Waals surface area contributed by atoms with Crippen molar-refractivity contribution >= 4 is 0 Å². The average molecular weight is 426 g/mol. The van der Waals surface area contributed by atoms with E-state index in [4.69, 9.17) is 14.2 Å². The highest BCUT2D eigenvalue weighted by atomic mass is 19.1. The van der Waals surface area contributed by atoms with Gasteiger partial charge in [-0.05, 0) is 35.2 Å². The Morgan fingerprint density at radius 2 is 1.77 bits per heavy atom. The average Bonchev–Trinajstić information content (AvgIpc) is 2.74. The van der Waals surface area contributed by atoms with Crippen molar-refractivity contribution in [1.29, 1.82) is 0 Å². The van der Waals surface area contributed by atoms with E-state index in [1.165, 1.54) is 22.9 Å². The van der Waals surface area contributed by atoms with Crippen molar-refractivity contribution in [2.45, 2.75) is 27.2 Å². The number of hydrogen-bond donors (Lipinski definition) is 0. The van der Waals surface area contributed by atoms with E-state index in [9.17, 15) is 9.18 Å². The predicted octanol–water partition coefficient (Wildman–Crippen LogP) is 4.43. The van der Waals surface area contributed by atoms with Crippen LogP contribution in [0, 0.1) is 11.2 Å².